The highest BCUT2D eigenvalue weighted by molar-refractivity contribution is 6.30. The lowest BCUT2D eigenvalue weighted by atomic mass is 10.3. The van der Waals surface area contributed by atoms with Crippen molar-refractivity contribution >= 4 is 29.5 Å². The molecule has 0 radical (unpaired) electrons. The van der Waals surface area contributed by atoms with Crippen molar-refractivity contribution in [2.75, 3.05) is 25.1 Å². The molecule has 7 heteroatoms. The van der Waals surface area contributed by atoms with Gasteiger partial charge in [0.1, 0.15) is 6.61 Å². The molecule has 122 valence electrons. The second-order valence-corrected chi connectivity index (χ2v) is 4.98. The highest BCUT2D eigenvalue weighted by Gasteiger charge is 2.05. The Morgan fingerprint density at radius 2 is 1.95 bits per heavy atom. The maximum absolute atomic E-state index is 11.6. The normalized spacial score (nSPS) is 9.91. The molecule has 22 heavy (non-hydrogen) atoms. The molecule has 0 fully saturated rings. The van der Waals surface area contributed by atoms with E-state index in [1.165, 1.54) is 0 Å². The molecule has 0 atom stereocenters. The summed E-state index contributed by atoms with van der Waals surface area (Å²) in [7, 11) is 0. The second-order valence-electron chi connectivity index (χ2n) is 4.55. The predicted octanol–water partition coefficient (Wildman–Crippen LogP) is 3.80. The molecule has 2 amide bonds. The largest absolute Gasteiger partial charge is 0.508 e. The van der Waals surface area contributed by atoms with Gasteiger partial charge in [-0.2, -0.15) is 0 Å². The molecule has 0 unspecified atom stereocenters. The van der Waals surface area contributed by atoms with E-state index in [0.29, 0.717) is 17.3 Å². The number of urea groups is 1. The summed E-state index contributed by atoms with van der Waals surface area (Å²) in [5.41, 5.74) is 0.584. The molecule has 6 nitrogen and oxygen atoms in total. The Labute approximate surface area is 135 Å². The van der Waals surface area contributed by atoms with Crippen LogP contribution in [0.2, 0.25) is 5.02 Å². The van der Waals surface area contributed by atoms with E-state index in [2.05, 4.69) is 17.6 Å². The van der Waals surface area contributed by atoms with Gasteiger partial charge in [-0.05, 0) is 24.6 Å². The van der Waals surface area contributed by atoms with Crippen LogP contribution in [0, 0.1) is 0 Å². The van der Waals surface area contributed by atoms with Gasteiger partial charge in [0.15, 0.2) is 0 Å². The zero-order valence-electron chi connectivity index (χ0n) is 12.6. The molecule has 1 aromatic rings. The Morgan fingerprint density at radius 3 is 2.68 bits per heavy atom. The summed E-state index contributed by atoms with van der Waals surface area (Å²) in [5, 5.41) is 5.70. The van der Waals surface area contributed by atoms with Crippen LogP contribution in [0.15, 0.2) is 24.3 Å². The number of unbranched alkanes of at least 4 members (excludes halogenated alkanes) is 2. The lowest BCUT2D eigenvalue weighted by Crippen LogP contribution is -2.32. The standard InChI is InChI=1S/C15H21ClN2O4/c1-2-3-4-9-21-15(20)22-10-8-17-14(19)18-13-7-5-6-12(16)11-13/h5-7,11H,2-4,8-10H2,1H3,(H2,17,18,19). The number of hydrogen-bond acceptors (Lipinski definition) is 4. The minimum absolute atomic E-state index is 0.0512. The smallest absolute Gasteiger partial charge is 0.434 e. The first kappa shape index (κ1) is 18.1. The van der Waals surface area contributed by atoms with Crippen LogP contribution in [0.4, 0.5) is 15.3 Å². The Bertz CT molecular complexity index is 482. The average molecular weight is 329 g/mol. The number of carbonyl (C=O) groups is 2. The number of amides is 2. The molecule has 0 aliphatic rings. The molecular formula is C15H21ClN2O4. The first-order chi connectivity index (χ1) is 10.6. The van der Waals surface area contributed by atoms with Gasteiger partial charge in [0.2, 0.25) is 0 Å². The van der Waals surface area contributed by atoms with Gasteiger partial charge in [-0.3, -0.25) is 0 Å². The maximum Gasteiger partial charge on any atom is 0.508 e. The predicted molar refractivity (Wildman–Crippen MR) is 85.3 cm³/mol. The molecule has 0 saturated heterocycles. The quantitative estimate of drug-likeness (QED) is 0.562. The molecule has 0 bridgehead atoms. The van der Waals surface area contributed by atoms with Crippen LogP contribution in [0.25, 0.3) is 0 Å². The Kier molecular flexibility index (Phi) is 8.83. The first-order valence-electron chi connectivity index (χ1n) is 7.21. The lowest BCUT2D eigenvalue weighted by molar-refractivity contribution is 0.0552. The summed E-state index contributed by atoms with van der Waals surface area (Å²) in [6.45, 7) is 2.67. The van der Waals surface area contributed by atoms with Crippen LogP contribution in [-0.4, -0.2) is 31.9 Å². The number of rotatable bonds is 8. The zero-order valence-corrected chi connectivity index (χ0v) is 13.3. The van der Waals surface area contributed by atoms with Crippen molar-refractivity contribution in [2.45, 2.75) is 26.2 Å². The summed E-state index contributed by atoms with van der Waals surface area (Å²) in [4.78, 5) is 22.8. The van der Waals surface area contributed by atoms with E-state index in [0.717, 1.165) is 19.3 Å². The van der Waals surface area contributed by atoms with E-state index >= 15 is 0 Å². The van der Waals surface area contributed by atoms with Gasteiger partial charge in [-0.1, -0.05) is 37.4 Å². The lowest BCUT2D eigenvalue weighted by Gasteiger charge is -2.09. The van der Waals surface area contributed by atoms with Crippen LogP contribution in [0.1, 0.15) is 26.2 Å². The molecule has 0 aliphatic heterocycles. The summed E-state index contributed by atoms with van der Waals surface area (Å²) < 4.78 is 9.67. The van der Waals surface area contributed by atoms with Gasteiger partial charge >= 0.3 is 12.2 Å². The molecule has 0 saturated carbocycles. The van der Waals surface area contributed by atoms with E-state index in [4.69, 9.17) is 21.1 Å². The summed E-state index contributed by atoms with van der Waals surface area (Å²) in [6, 6.07) is 6.39. The minimum atomic E-state index is -0.715. The summed E-state index contributed by atoms with van der Waals surface area (Å²) in [6.07, 6.45) is 2.18. The number of halogens is 1. The number of ether oxygens (including phenoxy) is 2. The van der Waals surface area contributed by atoms with Crippen LogP contribution in [-0.2, 0) is 9.47 Å². The van der Waals surface area contributed by atoms with Crippen molar-refractivity contribution in [3.05, 3.63) is 29.3 Å². The van der Waals surface area contributed by atoms with E-state index in [1.54, 1.807) is 24.3 Å². The van der Waals surface area contributed by atoms with Gasteiger partial charge in [-0.25, -0.2) is 9.59 Å². The highest BCUT2D eigenvalue weighted by Crippen LogP contribution is 2.14. The molecule has 2 N–H and O–H groups in total. The Balaban J connectivity index is 2.08. The van der Waals surface area contributed by atoms with Crippen LogP contribution >= 0.6 is 11.6 Å². The zero-order chi connectivity index (χ0) is 16.2. The molecule has 0 heterocycles. The number of benzene rings is 1. The van der Waals surface area contributed by atoms with Crippen molar-refractivity contribution in [3.8, 4) is 0 Å². The molecule has 0 aromatic heterocycles. The van der Waals surface area contributed by atoms with Crippen molar-refractivity contribution in [1.82, 2.24) is 5.32 Å². The van der Waals surface area contributed by atoms with Crippen molar-refractivity contribution in [2.24, 2.45) is 0 Å². The van der Waals surface area contributed by atoms with Gasteiger partial charge in [0.25, 0.3) is 0 Å². The van der Waals surface area contributed by atoms with E-state index < -0.39 is 12.2 Å². The van der Waals surface area contributed by atoms with E-state index in [9.17, 15) is 9.59 Å². The van der Waals surface area contributed by atoms with E-state index in [1.807, 2.05) is 0 Å². The maximum atomic E-state index is 11.6. The molecule has 0 spiro atoms. The fourth-order valence-electron chi connectivity index (χ4n) is 1.59. The van der Waals surface area contributed by atoms with E-state index in [-0.39, 0.29) is 13.2 Å². The van der Waals surface area contributed by atoms with Crippen molar-refractivity contribution < 1.29 is 19.1 Å². The minimum Gasteiger partial charge on any atom is -0.434 e. The highest BCUT2D eigenvalue weighted by atomic mass is 35.5. The van der Waals surface area contributed by atoms with Gasteiger partial charge in [0, 0.05) is 10.7 Å². The number of anilines is 1. The number of nitrogens with one attached hydrogen (secondary N) is 2. The fraction of sp³-hybridized carbons (Fsp3) is 0.467. The third-order valence-electron chi connectivity index (χ3n) is 2.66. The first-order valence-corrected chi connectivity index (χ1v) is 7.59. The second kappa shape index (κ2) is 10.7. The van der Waals surface area contributed by atoms with Gasteiger partial charge < -0.3 is 20.1 Å². The molecular weight excluding hydrogens is 308 g/mol. The average Bonchev–Trinajstić information content (AvgIpc) is 2.48. The van der Waals surface area contributed by atoms with Crippen LogP contribution in [0.5, 0.6) is 0 Å². The van der Waals surface area contributed by atoms with Crippen molar-refractivity contribution in [3.63, 3.8) is 0 Å². The third kappa shape index (κ3) is 8.36. The van der Waals surface area contributed by atoms with Gasteiger partial charge in [0.05, 0.1) is 13.2 Å². The number of carbonyl (C=O) groups excluding carboxylic acids is 2. The molecule has 0 aliphatic carbocycles. The SMILES string of the molecule is CCCCCOC(=O)OCCNC(=O)Nc1cccc(Cl)c1. The van der Waals surface area contributed by atoms with Crippen LogP contribution < -0.4 is 10.6 Å². The summed E-state index contributed by atoms with van der Waals surface area (Å²) in [5.74, 6) is 0. The Hall–Kier alpha value is -1.95. The third-order valence-corrected chi connectivity index (χ3v) is 2.89. The van der Waals surface area contributed by atoms with Crippen molar-refractivity contribution in [1.29, 1.82) is 0 Å². The molecule has 1 rings (SSSR count). The molecule has 1 aromatic carbocycles. The monoisotopic (exact) mass is 328 g/mol. The number of hydrogen-bond donors (Lipinski definition) is 2. The fourth-order valence-corrected chi connectivity index (χ4v) is 1.78. The topological polar surface area (TPSA) is 76.7 Å². The van der Waals surface area contributed by atoms with Crippen LogP contribution in [0.3, 0.4) is 0 Å². The summed E-state index contributed by atoms with van der Waals surface area (Å²) >= 11 is 5.81. The Morgan fingerprint density at radius 1 is 1.18 bits per heavy atom. The van der Waals surface area contributed by atoms with Gasteiger partial charge in [-0.15, -0.1) is 0 Å².